The quantitative estimate of drug-likeness (QED) is 0.455. The zero-order valence-electron chi connectivity index (χ0n) is 4.84. The maximum atomic E-state index is 5.11. The molecule has 0 aromatic heterocycles. The molecule has 0 spiro atoms. The van der Waals surface area contributed by atoms with Crippen LogP contribution in [0.5, 0.6) is 0 Å². The zero-order chi connectivity index (χ0) is 5.40. The molecule has 0 saturated carbocycles. The lowest BCUT2D eigenvalue weighted by Crippen LogP contribution is -2.21. The Balaban J connectivity index is 2.04. The lowest BCUT2D eigenvalue weighted by Gasteiger charge is -2.08. The molecule has 0 aliphatic carbocycles. The highest BCUT2D eigenvalue weighted by Crippen LogP contribution is 2.24. The smallest absolute Gasteiger partial charge is 0.103 e. The molecule has 0 aromatic carbocycles. The number of ether oxygens (including phenoxy) is 1. The van der Waals surface area contributed by atoms with Crippen molar-refractivity contribution >= 4 is 0 Å². The maximum absolute atomic E-state index is 5.11. The Hall–Kier alpha value is -0.0800. The normalized spacial score (nSPS) is 38.2. The van der Waals surface area contributed by atoms with E-state index in [9.17, 15) is 0 Å². The van der Waals surface area contributed by atoms with Crippen molar-refractivity contribution in [2.45, 2.75) is 18.9 Å². The van der Waals surface area contributed by atoms with Gasteiger partial charge >= 0.3 is 0 Å². The second kappa shape index (κ2) is 1.71. The Kier molecular flexibility index (Phi) is 1.02. The van der Waals surface area contributed by atoms with Crippen LogP contribution in [0.1, 0.15) is 12.8 Å². The Bertz CT molecular complexity index is 74.5. The van der Waals surface area contributed by atoms with E-state index in [2.05, 4.69) is 4.90 Å². The van der Waals surface area contributed by atoms with Gasteiger partial charge in [-0.25, -0.2) is 0 Å². The van der Waals surface area contributed by atoms with E-state index in [0.717, 1.165) is 6.73 Å². The first kappa shape index (κ1) is 4.77. The third-order valence-corrected chi connectivity index (χ3v) is 1.91. The Morgan fingerprint density at radius 3 is 3.50 bits per heavy atom. The molecule has 0 aromatic rings. The number of hydrogen-bond donors (Lipinski definition) is 0. The first-order chi connectivity index (χ1) is 3.97. The van der Waals surface area contributed by atoms with Gasteiger partial charge in [0.1, 0.15) is 6.61 Å². The van der Waals surface area contributed by atoms with Crippen molar-refractivity contribution in [2.75, 3.05) is 13.3 Å². The fraction of sp³-hybridized carbons (Fsp3) is 0.833. The second-order valence-electron chi connectivity index (χ2n) is 2.45. The Morgan fingerprint density at radius 1 is 1.62 bits per heavy atom. The van der Waals surface area contributed by atoms with Gasteiger partial charge in [-0.05, 0) is 12.8 Å². The molecule has 1 atom stereocenters. The van der Waals surface area contributed by atoms with Crippen molar-refractivity contribution in [3.63, 3.8) is 0 Å². The van der Waals surface area contributed by atoms with Crippen molar-refractivity contribution in [1.82, 2.24) is 4.90 Å². The topological polar surface area (TPSA) is 12.5 Å². The molecule has 1 unspecified atom stereocenters. The summed E-state index contributed by atoms with van der Waals surface area (Å²) in [6.45, 7) is 4.04. The molecule has 0 bridgehead atoms. The maximum Gasteiger partial charge on any atom is 0.103 e. The number of fused-ring (bicyclic) bond motifs is 1. The van der Waals surface area contributed by atoms with Crippen LogP contribution >= 0.6 is 0 Å². The highest BCUT2D eigenvalue weighted by atomic mass is 16.5. The minimum absolute atomic E-state index is 0.662. The highest BCUT2D eigenvalue weighted by molar-refractivity contribution is 4.87. The minimum atomic E-state index is 0.662. The van der Waals surface area contributed by atoms with Crippen LogP contribution in [0.25, 0.3) is 0 Å². The molecule has 45 valence electrons. The van der Waals surface area contributed by atoms with Gasteiger partial charge in [-0.3, -0.25) is 4.90 Å². The van der Waals surface area contributed by atoms with Gasteiger partial charge in [-0.2, -0.15) is 0 Å². The molecule has 2 aliphatic rings. The molecule has 2 fully saturated rings. The highest BCUT2D eigenvalue weighted by Gasteiger charge is 2.29. The van der Waals surface area contributed by atoms with E-state index in [1.807, 2.05) is 6.61 Å². The molecule has 2 nitrogen and oxygen atoms in total. The van der Waals surface area contributed by atoms with Gasteiger partial charge in [-0.1, -0.05) is 0 Å². The van der Waals surface area contributed by atoms with E-state index in [1.54, 1.807) is 0 Å². The van der Waals surface area contributed by atoms with Crippen molar-refractivity contribution in [2.24, 2.45) is 0 Å². The van der Waals surface area contributed by atoms with E-state index < -0.39 is 0 Å². The predicted molar refractivity (Wildman–Crippen MR) is 30.0 cm³/mol. The molecule has 0 N–H and O–H groups in total. The molecule has 2 rings (SSSR count). The van der Waals surface area contributed by atoms with Crippen LogP contribution < -0.4 is 0 Å². The SMILES string of the molecule is [CH]1OCN2CCCC12. The average Bonchev–Trinajstić information content (AvgIpc) is 2.15. The summed E-state index contributed by atoms with van der Waals surface area (Å²) in [6, 6.07) is 0.662. The first-order valence-corrected chi connectivity index (χ1v) is 3.16. The number of rotatable bonds is 0. The van der Waals surface area contributed by atoms with E-state index >= 15 is 0 Å². The van der Waals surface area contributed by atoms with E-state index in [0.29, 0.717) is 6.04 Å². The molecule has 2 heteroatoms. The average molecular weight is 112 g/mol. The van der Waals surface area contributed by atoms with Gasteiger partial charge in [0.05, 0.1) is 6.73 Å². The summed E-state index contributed by atoms with van der Waals surface area (Å²) in [5, 5.41) is 0. The van der Waals surface area contributed by atoms with Crippen LogP contribution in [0.4, 0.5) is 0 Å². The Morgan fingerprint density at radius 2 is 2.62 bits per heavy atom. The van der Waals surface area contributed by atoms with Crippen molar-refractivity contribution in [3.8, 4) is 0 Å². The largest absolute Gasteiger partial charge is 0.358 e. The number of nitrogens with zero attached hydrogens (tertiary/aromatic N) is 1. The summed E-state index contributed by atoms with van der Waals surface area (Å²) >= 11 is 0. The van der Waals surface area contributed by atoms with Gasteiger partial charge in [0, 0.05) is 12.6 Å². The summed E-state index contributed by atoms with van der Waals surface area (Å²) in [5.41, 5.74) is 0. The van der Waals surface area contributed by atoms with Crippen LogP contribution in [0.15, 0.2) is 0 Å². The molecular weight excluding hydrogens is 102 g/mol. The third kappa shape index (κ3) is 0.565. The van der Waals surface area contributed by atoms with Crippen molar-refractivity contribution < 1.29 is 4.74 Å². The van der Waals surface area contributed by atoms with E-state index in [1.165, 1.54) is 19.4 Å². The van der Waals surface area contributed by atoms with Crippen LogP contribution in [-0.2, 0) is 4.74 Å². The number of hydrogen-bond acceptors (Lipinski definition) is 2. The summed E-state index contributed by atoms with van der Waals surface area (Å²) in [6.07, 6.45) is 2.66. The molecule has 2 heterocycles. The zero-order valence-corrected chi connectivity index (χ0v) is 4.84. The van der Waals surface area contributed by atoms with Gasteiger partial charge < -0.3 is 4.74 Å². The van der Waals surface area contributed by atoms with Gasteiger partial charge in [-0.15, -0.1) is 0 Å². The summed E-state index contributed by atoms with van der Waals surface area (Å²) < 4.78 is 5.11. The van der Waals surface area contributed by atoms with Gasteiger partial charge in [0.2, 0.25) is 0 Å². The van der Waals surface area contributed by atoms with Gasteiger partial charge in [0.15, 0.2) is 0 Å². The lowest BCUT2D eigenvalue weighted by molar-refractivity contribution is 0.169. The Labute approximate surface area is 49.4 Å². The van der Waals surface area contributed by atoms with Crippen molar-refractivity contribution in [1.29, 1.82) is 0 Å². The molecular formula is C6H10NO. The molecule has 2 aliphatic heterocycles. The minimum Gasteiger partial charge on any atom is -0.358 e. The van der Waals surface area contributed by atoms with E-state index in [-0.39, 0.29) is 0 Å². The van der Waals surface area contributed by atoms with Crippen LogP contribution in [0.3, 0.4) is 0 Å². The monoisotopic (exact) mass is 112 g/mol. The predicted octanol–water partition coefficient (Wildman–Crippen LogP) is 0.600. The molecule has 1 radical (unpaired) electrons. The summed E-state index contributed by atoms with van der Waals surface area (Å²) in [4.78, 5) is 2.36. The first-order valence-electron chi connectivity index (χ1n) is 3.16. The standard InChI is InChI=1S/C6H10NO/c1-2-6-4-8-5-7(6)3-1/h4,6H,1-3,5H2. The third-order valence-electron chi connectivity index (χ3n) is 1.91. The fourth-order valence-electron chi connectivity index (χ4n) is 1.42. The molecule has 0 amide bonds. The lowest BCUT2D eigenvalue weighted by atomic mass is 10.2. The summed E-state index contributed by atoms with van der Waals surface area (Å²) in [7, 11) is 0. The van der Waals surface area contributed by atoms with Crippen LogP contribution in [0.2, 0.25) is 0 Å². The molecule has 8 heavy (non-hydrogen) atoms. The van der Waals surface area contributed by atoms with Gasteiger partial charge in [0.25, 0.3) is 0 Å². The fourth-order valence-corrected chi connectivity index (χ4v) is 1.42. The second-order valence-corrected chi connectivity index (χ2v) is 2.45. The van der Waals surface area contributed by atoms with Crippen molar-refractivity contribution in [3.05, 3.63) is 6.61 Å². The van der Waals surface area contributed by atoms with Crippen LogP contribution in [-0.4, -0.2) is 24.2 Å². The van der Waals surface area contributed by atoms with Crippen LogP contribution in [0, 0.1) is 6.61 Å². The molecule has 2 saturated heterocycles. The van der Waals surface area contributed by atoms with E-state index in [4.69, 9.17) is 4.74 Å². The summed E-state index contributed by atoms with van der Waals surface area (Å²) in [5.74, 6) is 0.